The molecule has 8 nitrogen and oxygen atoms in total. The van der Waals surface area contributed by atoms with Crippen LogP contribution in [0, 0.1) is 0 Å². The molecule has 1 aliphatic carbocycles. The van der Waals surface area contributed by atoms with Crippen LogP contribution in [0.25, 0.3) is 11.1 Å². The van der Waals surface area contributed by atoms with Crippen molar-refractivity contribution in [3.05, 3.63) is 59.7 Å². The Kier molecular flexibility index (Phi) is 7.40. The van der Waals surface area contributed by atoms with Gasteiger partial charge in [0.1, 0.15) is 18.2 Å². The fourth-order valence-electron chi connectivity index (χ4n) is 5.51. The summed E-state index contributed by atoms with van der Waals surface area (Å²) in [5.41, 5.74) is 3.18. The standard InChI is InChI=1S/C27H32N2O6/c1-3-13-27(25(31)32)14-8-15-29(27)24(30)23(17-34-2)28-26(33)35-16-22-20-11-6-4-9-18(20)19-10-5-7-12-21(19)22/h4-7,9-12,22-23H,3,8,13-17H2,1-2H3,(H,28,33)(H,31,32)/t23-,27?/m0/s1. The highest BCUT2D eigenvalue weighted by Gasteiger charge is 2.50. The Hall–Kier alpha value is -3.39. The molecular weight excluding hydrogens is 448 g/mol. The molecule has 2 aliphatic rings. The van der Waals surface area contributed by atoms with E-state index in [0.29, 0.717) is 32.2 Å². The van der Waals surface area contributed by atoms with Crippen LogP contribution in [0.4, 0.5) is 4.79 Å². The second kappa shape index (κ2) is 10.5. The Morgan fingerprint density at radius 1 is 1.11 bits per heavy atom. The Balaban J connectivity index is 1.45. The molecule has 4 rings (SSSR count). The van der Waals surface area contributed by atoms with Crippen LogP contribution in [0.2, 0.25) is 0 Å². The van der Waals surface area contributed by atoms with Crippen LogP contribution >= 0.6 is 0 Å². The lowest BCUT2D eigenvalue weighted by atomic mass is 9.90. The van der Waals surface area contributed by atoms with Crippen molar-refractivity contribution in [3.8, 4) is 11.1 Å². The van der Waals surface area contributed by atoms with E-state index in [2.05, 4.69) is 17.4 Å². The van der Waals surface area contributed by atoms with Crippen molar-refractivity contribution >= 4 is 18.0 Å². The zero-order valence-electron chi connectivity index (χ0n) is 20.2. The number of benzene rings is 2. The molecule has 0 aromatic heterocycles. The minimum absolute atomic E-state index is 0.0820. The molecule has 1 fully saturated rings. The number of nitrogens with one attached hydrogen (secondary N) is 1. The summed E-state index contributed by atoms with van der Waals surface area (Å²) in [7, 11) is 1.43. The molecule has 2 atom stereocenters. The molecular formula is C27H32N2O6. The van der Waals surface area contributed by atoms with Crippen LogP contribution < -0.4 is 5.32 Å². The summed E-state index contributed by atoms with van der Waals surface area (Å²) in [4.78, 5) is 39.7. The summed E-state index contributed by atoms with van der Waals surface area (Å²) in [6.07, 6.45) is 1.25. The van der Waals surface area contributed by atoms with Crippen LogP contribution in [0.3, 0.4) is 0 Å². The van der Waals surface area contributed by atoms with Gasteiger partial charge in [-0.15, -0.1) is 0 Å². The lowest BCUT2D eigenvalue weighted by molar-refractivity contribution is -0.158. The number of carboxylic acids is 1. The molecule has 0 spiro atoms. The number of likely N-dealkylation sites (tertiary alicyclic amines) is 1. The topological polar surface area (TPSA) is 105 Å². The van der Waals surface area contributed by atoms with E-state index in [-0.39, 0.29) is 19.1 Å². The first kappa shape index (κ1) is 24.7. The second-order valence-corrected chi connectivity index (χ2v) is 9.16. The van der Waals surface area contributed by atoms with Gasteiger partial charge < -0.3 is 24.8 Å². The molecule has 0 saturated carbocycles. The van der Waals surface area contributed by atoms with Gasteiger partial charge in [-0.3, -0.25) is 4.79 Å². The summed E-state index contributed by atoms with van der Waals surface area (Å²) in [5, 5.41) is 12.6. The normalized spacial score (nSPS) is 19.7. The molecule has 1 saturated heterocycles. The van der Waals surface area contributed by atoms with E-state index in [4.69, 9.17) is 9.47 Å². The predicted octanol–water partition coefficient (Wildman–Crippen LogP) is 3.79. The van der Waals surface area contributed by atoms with Gasteiger partial charge in [-0.25, -0.2) is 9.59 Å². The number of alkyl carbamates (subject to hydrolysis) is 1. The smallest absolute Gasteiger partial charge is 0.407 e. The van der Waals surface area contributed by atoms with E-state index in [1.165, 1.54) is 12.0 Å². The SMILES string of the molecule is CCCC1(C(=O)O)CCCN1C(=O)[C@H](COC)NC(=O)OCC1c2ccccc2-c2ccccc21. The van der Waals surface area contributed by atoms with Gasteiger partial charge >= 0.3 is 12.1 Å². The van der Waals surface area contributed by atoms with Gasteiger partial charge in [0.15, 0.2) is 0 Å². The third kappa shape index (κ3) is 4.62. The highest BCUT2D eigenvalue weighted by molar-refractivity contribution is 5.92. The van der Waals surface area contributed by atoms with Crippen LogP contribution in [0.5, 0.6) is 0 Å². The second-order valence-electron chi connectivity index (χ2n) is 9.16. The van der Waals surface area contributed by atoms with Gasteiger partial charge in [0.25, 0.3) is 0 Å². The van der Waals surface area contributed by atoms with Crippen LogP contribution in [0.15, 0.2) is 48.5 Å². The van der Waals surface area contributed by atoms with Crippen LogP contribution in [0.1, 0.15) is 49.7 Å². The summed E-state index contributed by atoms with van der Waals surface area (Å²) >= 11 is 0. The van der Waals surface area contributed by atoms with E-state index < -0.39 is 29.6 Å². The van der Waals surface area contributed by atoms with Crippen molar-refractivity contribution in [1.29, 1.82) is 0 Å². The fraction of sp³-hybridized carbons (Fsp3) is 0.444. The molecule has 186 valence electrons. The van der Waals surface area contributed by atoms with Gasteiger partial charge in [-0.05, 0) is 41.5 Å². The van der Waals surface area contributed by atoms with E-state index in [1.807, 2.05) is 43.3 Å². The minimum atomic E-state index is -1.25. The summed E-state index contributed by atoms with van der Waals surface area (Å²) in [5.74, 6) is -1.58. The van der Waals surface area contributed by atoms with E-state index in [1.54, 1.807) is 0 Å². The number of hydrogen-bond donors (Lipinski definition) is 2. The largest absolute Gasteiger partial charge is 0.479 e. The Labute approximate surface area is 205 Å². The molecule has 35 heavy (non-hydrogen) atoms. The van der Waals surface area contributed by atoms with Gasteiger partial charge in [-0.2, -0.15) is 0 Å². The number of amides is 2. The maximum Gasteiger partial charge on any atom is 0.407 e. The number of ether oxygens (including phenoxy) is 2. The van der Waals surface area contributed by atoms with Crippen LogP contribution in [-0.2, 0) is 19.1 Å². The summed E-state index contributed by atoms with van der Waals surface area (Å²) in [6.45, 7) is 2.26. The Morgan fingerprint density at radius 2 is 1.74 bits per heavy atom. The first-order valence-corrected chi connectivity index (χ1v) is 12.1. The lowest BCUT2D eigenvalue weighted by Crippen LogP contribution is -2.59. The molecule has 2 N–H and O–H groups in total. The van der Waals surface area contributed by atoms with Crippen molar-refractivity contribution in [3.63, 3.8) is 0 Å². The zero-order valence-corrected chi connectivity index (χ0v) is 20.2. The average molecular weight is 481 g/mol. The summed E-state index contributed by atoms with van der Waals surface area (Å²) < 4.78 is 10.8. The molecule has 2 aromatic rings. The molecule has 0 bridgehead atoms. The first-order chi connectivity index (χ1) is 16.9. The van der Waals surface area contributed by atoms with E-state index >= 15 is 0 Å². The maximum atomic E-state index is 13.4. The van der Waals surface area contributed by atoms with Crippen molar-refractivity contribution in [2.24, 2.45) is 0 Å². The number of carbonyl (C=O) groups is 3. The monoisotopic (exact) mass is 480 g/mol. The van der Waals surface area contributed by atoms with E-state index in [0.717, 1.165) is 22.3 Å². The molecule has 2 amide bonds. The number of methoxy groups -OCH3 is 1. The highest BCUT2D eigenvalue weighted by atomic mass is 16.5. The average Bonchev–Trinajstić information content (AvgIpc) is 3.42. The number of fused-ring (bicyclic) bond motifs is 3. The molecule has 1 unspecified atom stereocenters. The lowest BCUT2D eigenvalue weighted by Gasteiger charge is -2.36. The minimum Gasteiger partial charge on any atom is -0.479 e. The maximum absolute atomic E-state index is 13.4. The van der Waals surface area contributed by atoms with Gasteiger partial charge in [-0.1, -0.05) is 61.9 Å². The van der Waals surface area contributed by atoms with Crippen molar-refractivity contribution < 1.29 is 29.0 Å². The zero-order chi connectivity index (χ0) is 25.0. The third-order valence-electron chi connectivity index (χ3n) is 7.08. The van der Waals surface area contributed by atoms with Crippen molar-refractivity contribution in [2.45, 2.75) is 50.1 Å². The number of carboxylic acid groups (broad SMARTS) is 1. The Morgan fingerprint density at radius 3 is 2.31 bits per heavy atom. The quantitative estimate of drug-likeness (QED) is 0.566. The molecule has 8 heteroatoms. The van der Waals surface area contributed by atoms with Crippen molar-refractivity contribution in [1.82, 2.24) is 10.2 Å². The molecule has 2 aromatic carbocycles. The number of hydrogen-bond acceptors (Lipinski definition) is 5. The van der Waals surface area contributed by atoms with E-state index in [9.17, 15) is 19.5 Å². The number of nitrogens with zero attached hydrogens (tertiary/aromatic N) is 1. The predicted molar refractivity (Wildman–Crippen MR) is 130 cm³/mol. The number of rotatable bonds is 9. The number of carbonyl (C=O) groups excluding carboxylic acids is 2. The van der Waals surface area contributed by atoms with Gasteiger partial charge in [0.05, 0.1) is 6.61 Å². The van der Waals surface area contributed by atoms with Gasteiger partial charge in [0.2, 0.25) is 5.91 Å². The van der Waals surface area contributed by atoms with Crippen LogP contribution in [-0.4, -0.2) is 66.4 Å². The molecule has 1 heterocycles. The Bertz CT molecular complexity index is 1060. The molecule has 1 aliphatic heterocycles. The van der Waals surface area contributed by atoms with Gasteiger partial charge in [0, 0.05) is 19.6 Å². The first-order valence-electron chi connectivity index (χ1n) is 12.1. The number of aliphatic carboxylic acids is 1. The van der Waals surface area contributed by atoms with Crippen molar-refractivity contribution in [2.75, 3.05) is 26.9 Å². The molecule has 0 radical (unpaired) electrons. The third-order valence-corrected chi connectivity index (χ3v) is 7.08. The highest BCUT2D eigenvalue weighted by Crippen LogP contribution is 2.44. The fourth-order valence-corrected chi connectivity index (χ4v) is 5.51. The summed E-state index contributed by atoms with van der Waals surface area (Å²) in [6, 6.07) is 15.0.